The van der Waals surface area contributed by atoms with Crippen LogP contribution < -0.4 is 11.5 Å². The van der Waals surface area contributed by atoms with Crippen LogP contribution >= 0.6 is 11.8 Å². The van der Waals surface area contributed by atoms with Crippen molar-refractivity contribution < 1.29 is 4.79 Å². The molecule has 1 heterocycles. The van der Waals surface area contributed by atoms with Gasteiger partial charge in [0.05, 0.1) is 0 Å². The van der Waals surface area contributed by atoms with E-state index in [1.54, 1.807) is 0 Å². The van der Waals surface area contributed by atoms with Gasteiger partial charge >= 0.3 is 0 Å². The van der Waals surface area contributed by atoms with E-state index < -0.39 is 0 Å². The van der Waals surface area contributed by atoms with Gasteiger partial charge in [0.1, 0.15) is 0 Å². The molecule has 1 amide bonds. The van der Waals surface area contributed by atoms with Crippen LogP contribution in [0.4, 0.5) is 0 Å². The summed E-state index contributed by atoms with van der Waals surface area (Å²) in [6, 6.07) is 0.135. The Hall–Kier alpha value is -0.260. The van der Waals surface area contributed by atoms with Gasteiger partial charge in [0.2, 0.25) is 5.91 Å². The number of carbonyl (C=O) groups excluding carboxylic acids is 1. The first-order valence-corrected chi connectivity index (χ1v) is 6.02. The molecule has 14 heavy (non-hydrogen) atoms. The van der Waals surface area contributed by atoms with Crippen LogP contribution in [-0.4, -0.2) is 47.5 Å². The Morgan fingerprint density at radius 2 is 2.43 bits per heavy atom. The molecule has 2 atom stereocenters. The Morgan fingerprint density at radius 1 is 1.71 bits per heavy atom. The van der Waals surface area contributed by atoms with Crippen LogP contribution in [0.1, 0.15) is 13.3 Å². The first-order chi connectivity index (χ1) is 6.63. The molecule has 0 aromatic carbocycles. The molecule has 1 saturated heterocycles. The first kappa shape index (κ1) is 11.8. The average Bonchev–Trinajstić information content (AvgIpc) is 2.14. The summed E-state index contributed by atoms with van der Waals surface area (Å²) in [6.45, 7) is 4.75. The molecule has 4 N–H and O–H groups in total. The molecule has 0 aliphatic carbocycles. The maximum absolute atomic E-state index is 10.8. The van der Waals surface area contributed by atoms with Crippen molar-refractivity contribution in [3.05, 3.63) is 0 Å². The standard InChI is InChI=1S/C9H19N3OS/c1-7-6-12(2-3-14-7)8(5-10)4-9(11)13/h7-8H,2-6,10H2,1H3,(H2,11,13). The fourth-order valence-corrected chi connectivity index (χ4v) is 2.81. The number of amides is 1. The molecule has 0 spiro atoms. The second-order valence-corrected chi connectivity index (χ2v) is 5.28. The van der Waals surface area contributed by atoms with E-state index in [-0.39, 0.29) is 11.9 Å². The number of primary amides is 1. The monoisotopic (exact) mass is 217 g/mol. The topological polar surface area (TPSA) is 72.3 Å². The van der Waals surface area contributed by atoms with Gasteiger partial charge in [-0.15, -0.1) is 0 Å². The molecular weight excluding hydrogens is 198 g/mol. The van der Waals surface area contributed by atoms with Crippen molar-refractivity contribution in [2.45, 2.75) is 24.6 Å². The van der Waals surface area contributed by atoms with E-state index in [1.165, 1.54) is 0 Å². The van der Waals surface area contributed by atoms with E-state index in [2.05, 4.69) is 11.8 Å². The predicted molar refractivity (Wildman–Crippen MR) is 60.1 cm³/mol. The van der Waals surface area contributed by atoms with Crippen LogP contribution in [0, 0.1) is 0 Å². The maximum atomic E-state index is 10.8. The lowest BCUT2D eigenvalue weighted by molar-refractivity contribution is -0.119. The Bertz CT molecular complexity index is 200. The van der Waals surface area contributed by atoms with Gasteiger partial charge in [-0.1, -0.05) is 6.92 Å². The summed E-state index contributed by atoms with van der Waals surface area (Å²) in [5.74, 6) is 0.863. The summed E-state index contributed by atoms with van der Waals surface area (Å²) in [5.41, 5.74) is 10.8. The molecule has 82 valence electrons. The van der Waals surface area contributed by atoms with Crippen LogP contribution in [-0.2, 0) is 4.79 Å². The third-order valence-electron chi connectivity index (χ3n) is 2.50. The Labute approximate surface area is 89.4 Å². The number of hydrogen-bond donors (Lipinski definition) is 2. The third kappa shape index (κ3) is 3.48. The first-order valence-electron chi connectivity index (χ1n) is 4.97. The van der Waals surface area contributed by atoms with Gasteiger partial charge < -0.3 is 11.5 Å². The highest BCUT2D eigenvalue weighted by Crippen LogP contribution is 2.20. The highest BCUT2D eigenvalue weighted by atomic mass is 32.2. The summed E-state index contributed by atoms with van der Waals surface area (Å²) >= 11 is 1.97. The van der Waals surface area contributed by atoms with Gasteiger partial charge in [0.25, 0.3) is 0 Å². The van der Waals surface area contributed by atoms with Gasteiger partial charge in [0, 0.05) is 43.1 Å². The fraction of sp³-hybridized carbons (Fsp3) is 0.889. The van der Waals surface area contributed by atoms with Crippen LogP contribution in [0.15, 0.2) is 0 Å². The van der Waals surface area contributed by atoms with Gasteiger partial charge in [0.15, 0.2) is 0 Å². The zero-order valence-corrected chi connectivity index (χ0v) is 9.43. The minimum absolute atomic E-state index is 0.135. The molecule has 2 unspecified atom stereocenters. The maximum Gasteiger partial charge on any atom is 0.219 e. The molecule has 0 aromatic heterocycles. The van der Waals surface area contributed by atoms with Gasteiger partial charge in [-0.2, -0.15) is 11.8 Å². The smallest absolute Gasteiger partial charge is 0.219 e. The summed E-state index contributed by atoms with van der Waals surface area (Å²) in [6.07, 6.45) is 0.383. The second-order valence-electron chi connectivity index (χ2n) is 3.74. The summed E-state index contributed by atoms with van der Waals surface area (Å²) in [5, 5.41) is 0.630. The number of nitrogens with two attached hydrogens (primary N) is 2. The molecule has 0 radical (unpaired) electrons. The van der Waals surface area contributed by atoms with E-state index in [0.717, 1.165) is 18.8 Å². The molecule has 0 aromatic rings. The lowest BCUT2D eigenvalue weighted by atomic mass is 10.1. The number of hydrogen-bond acceptors (Lipinski definition) is 4. The quantitative estimate of drug-likeness (QED) is 0.674. The molecule has 5 heteroatoms. The number of rotatable bonds is 4. The van der Waals surface area contributed by atoms with E-state index in [4.69, 9.17) is 11.5 Å². The van der Waals surface area contributed by atoms with E-state index in [9.17, 15) is 4.79 Å². The van der Waals surface area contributed by atoms with Crippen molar-refractivity contribution in [2.75, 3.05) is 25.4 Å². The molecule has 0 bridgehead atoms. The lowest BCUT2D eigenvalue weighted by Crippen LogP contribution is -2.48. The van der Waals surface area contributed by atoms with Crippen LogP contribution in [0.2, 0.25) is 0 Å². The third-order valence-corrected chi connectivity index (χ3v) is 3.63. The zero-order chi connectivity index (χ0) is 10.6. The van der Waals surface area contributed by atoms with E-state index in [0.29, 0.717) is 18.2 Å². The van der Waals surface area contributed by atoms with Gasteiger partial charge in [-0.05, 0) is 0 Å². The van der Waals surface area contributed by atoms with Crippen LogP contribution in [0.5, 0.6) is 0 Å². The Morgan fingerprint density at radius 3 is 2.93 bits per heavy atom. The molecule has 1 fully saturated rings. The summed E-state index contributed by atoms with van der Waals surface area (Å²) in [4.78, 5) is 13.1. The largest absolute Gasteiger partial charge is 0.370 e. The van der Waals surface area contributed by atoms with Crippen molar-refractivity contribution in [1.29, 1.82) is 0 Å². The summed E-state index contributed by atoms with van der Waals surface area (Å²) < 4.78 is 0. The van der Waals surface area contributed by atoms with E-state index in [1.807, 2.05) is 11.8 Å². The average molecular weight is 217 g/mol. The number of carbonyl (C=O) groups is 1. The Balaban J connectivity index is 2.46. The molecule has 0 saturated carbocycles. The molecule has 1 aliphatic heterocycles. The number of nitrogens with zero attached hydrogens (tertiary/aromatic N) is 1. The minimum atomic E-state index is -0.258. The van der Waals surface area contributed by atoms with Gasteiger partial charge in [-0.25, -0.2) is 0 Å². The zero-order valence-electron chi connectivity index (χ0n) is 8.61. The number of thioether (sulfide) groups is 1. The van der Waals surface area contributed by atoms with Crippen molar-refractivity contribution >= 4 is 17.7 Å². The molecule has 1 rings (SSSR count). The molecular formula is C9H19N3OS. The molecule has 4 nitrogen and oxygen atoms in total. The highest BCUT2D eigenvalue weighted by molar-refractivity contribution is 7.99. The van der Waals surface area contributed by atoms with Crippen LogP contribution in [0.3, 0.4) is 0 Å². The van der Waals surface area contributed by atoms with Crippen molar-refractivity contribution in [3.8, 4) is 0 Å². The summed E-state index contributed by atoms with van der Waals surface area (Å²) in [7, 11) is 0. The van der Waals surface area contributed by atoms with E-state index >= 15 is 0 Å². The van der Waals surface area contributed by atoms with Crippen molar-refractivity contribution in [2.24, 2.45) is 11.5 Å². The SMILES string of the molecule is CC1CN(C(CN)CC(N)=O)CCS1. The fourth-order valence-electron chi connectivity index (χ4n) is 1.77. The van der Waals surface area contributed by atoms with Crippen molar-refractivity contribution in [3.63, 3.8) is 0 Å². The minimum Gasteiger partial charge on any atom is -0.370 e. The van der Waals surface area contributed by atoms with Gasteiger partial charge in [-0.3, -0.25) is 9.69 Å². The molecule has 1 aliphatic rings. The Kier molecular flexibility index (Phi) is 4.71. The lowest BCUT2D eigenvalue weighted by Gasteiger charge is -2.35. The van der Waals surface area contributed by atoms with Crippen molar-refractivity contribution in [1.82, 2.24) is 4.90 Å². The highest BCUT2D eigenvalue weighted by Gasteiger charge is 2.24. The predicted octanol–water partition coefficient (Wildman–Crippen LogP) is -0.374. The van der Waals surface area contributed by atoms with Crippen LogP contribution in [0.25, 0.3) is 0 Å². The normalized spacial score (nSPS) is 26.0. The second kappa shape index (κ2) is 5.58.